The van der Waals surface area contributed by atoms with Crippen LogP contribution < -0.4 is 5.32 Å². The Morgan fingerprint density at radius 3 is 1.41 bits per heavy atom. The molecule has 2 fully saturated rings. The minimum absolute atomic E-state index is 0.0396. The molecule has 2 saturated carbocycles. The highest BCUT2D eigenvalue weighted by Gasteiger charge is 2.34. The maximum Gasteiger partial charge on any atom is 0.408 e. The molecule has 2 N–H and O–H groups in total. The third kappa shape index (κ3) is 23.0. The summed E-state index contributed by atoms with van der Waals surface area (Å²) in [6, 6.07) is 41.5. The highest BCUT2D eigenvalue weighted by molar-refractivity contribution is 5.81. The number of hydrogen-bond acceptors (Lipinski definition) is 10. The van der Waals surface area contributed by atoms with Crippen LogP contribution in [0, 0.1) is 35.3 Å². The normalized spacial score (nSPS) is 16.2. The van der Waals surface area contributed by atoms with Crippen LogP contribution >= 0.6 is 0 Å². The van der Waals surface area contributed by atoms with Gasteiger partial charge in [-0.3, -0.25) is 0 Å². The predicted octanol–water partition coefficient (Wildman–Crippen LogP) is 12.2. The van der Waals surface area contributed by atoms with E-state index in [4.69, 9.17) is 33.2 Å². The first-order valence-electron chi connectivity index (χ1n) is 27.1. The van der Waals surface area contributed by atoms with Crippen molar-refractivity contribution in [3.8, 4) is 0 Å². The number of hydrogen-bond donors (Lipinski definition) is 2. The van der Waals surface area contributed by atoms with Crippen LogP contribution in [0.1, 0.15) is 101 Å². The zero-order chi connectivity index (χ0) is 54.1. The summed E-state index contributed by atoms with van der Waals surface area (Å²) in [6.45, 7) is 12.0. The van der Waals surface area contributed by atoms with Crippen molar-refractivity contribution >= 4 is 12.1 Å². The highest BCUT2D eigenvalue weighted by Crippen LogP contribution is 2.33. The van der Waals surface area contributed by atoms with Crippen molar-refractivity contribution in [2.45, 2.75) is 142 Å². The van der Waals surface area contributed by atoms with Crippen molar-refractivity contribution in [3.05, 3.63) is 179 Å². The van der Waals surface area contributed by atoms with Crippen LogP contribution in [0.4, 0.5) is 13.6 Å². The molecule has 0 radical (unpaired) electrons. The Hall–Kier alpha value is -5.54. The van der Waals surface area contributed by atoms with Crippen LogP contribution in [0.2, 0.25) is 0 Å². The molecule has 5 aromatic carbocycles. The fourth-order valence-electron chi connectivity index (χ4n) is 8.83. The third-order valence-electron chi connectivity index (χ3n) is 13.4. The van der Waals surface area contributed by atoms with Crippen LogP contribution in [-0.4, -0.2) is 86.3 Å². The SMILES string of the molecule is C[C@H](OCc1ccccc1)[C@H](OCC1CC1)[C@H](CCO)Cc1ccc(F)cc1.C[C@H](OCc1ccccc1)[C@H](OCC1CC1)[C@H](CCOC[C@H](NC(=O)OC(C)(C)C)C(=O)OCc1ccccc1)Cc1ccc(F)cc1. The first-order chi connectivity index (χ1) is 36.7. The first-order valence-corrected chi connectivity index (χ1v) is 27.1. The zero-order valence-corrected chi connectivity index (χ0v) is 45.2. The van der Waals surface area contributed by atoms with Crippen molar-refractivity contribution in [2.24, 2.45) is 23.7 Å². The van der Waals surface area contributed by atoms with Crippen LogP contribution in [0.3, 0.4) is 0 Å². The van der Waals surface area contributed by atoms with Crippen LogP contribution in [0.5, 0.6) is 0 Å². The van der Waals surface area contributed by atoms with Gasteiger partial charge in [-0.25, -0.2) is 18.4 Å². The van der Waals surface area contributed by atoms with E-state index in [9.17, 15) is 23.5 Å². The molecule has 7 rings (SSSR count). The lowest BCUT2D eigenvalue weighted by Gasteiger charge is -2.32. The number of rotatable bonds is 31. The van der Waals surface area contributed by atoms with Gasteiger partial charge in [0.1, 0.15) is 23.8 Å². The van der Waals surface area contributed by atoms with Gasteiger partial charge < -0.3 is 43.6 Å². The number of ether oxygens (including phenoxy) is 7. The van der Waals surface area contributed by atoms with Gasteiger partial charge in [0.05, 0.1) is 44.2 Å². The molecule has 2 aliphatic carbocycles. The number of aliphatic hydroxyl groups is 1. The molecule has 0 heterocycles. The molecule has 76 heavy (non-hydrogen) atoms. The maximum absolute atomic E-state index is 13.8. The number of carbonyl (C=O) groups excluding carboxylic acids is 2. The highest BCUT2D eigenvalue weighted by atomic mass is 19.1. The number of nitrogens with one attached hydrogen (secondary N) is 1. The maximum atomic E-state index is 13.8. The van der Waals surface area contributed by atoms with Gasteiger partial charge in [0.15, 0.2) is 6.04 Å². The molecule has 1 amide bonds. The predicted molar refractivity (Wildman–Crippen MR) is 290 cm³/mol. The minimum atomic E-state index is -1.07. The van der Waals surface area contributed by atoms with Gasteiger partial charge in [0.25, 0.3) is 0 Å². The Bertz CT molecular complexity index is 2380. The number of aliphatic hydroxyl groups excluding tert-OH is 1. The van der Waals surface area contributed by atoms with Crippen LogP contribution in [0.15, 0.2) is 140 Å². The monoisotopic (exact) mass is 1050 g/mol. The fraction of sp³-hybridized carbons (Fsp3) is 0.492. The van der Waals surface area contributed by atoms with E-state index in [0.717, 1.165) is 53.7 Å². The smallest absolute Gasteiger partial charge is 0.408 e. The van der Waals surface area contributed by atoms with Gasteiger partial charge >= 0.3 is 12.1 Å². The third-order valence-corrected chi connectivity index (χ3v) is 13.4. The molecule has 412 valence electrons. The van der Waals surface area contributed by atoms with Gasteiger partial charge in [-0.2, -0.15) is 0 Å². The number of halogens is 2. The average Bonchev–Trinajstić information content (AvgIpc) is 4.37. The second kappa shape index (κ2) is 31.6. The van der Waals surface area contributed by atoms with E-state index in [0.29, 0.717) is 50.9 Å². The largest absolute Gasteiger partial charge is 0.459 e. The van der Waals surface area contributed by atoms with Crippen LogP contribution in [0.25, 0.3) is 0 Å². The summed E-state index contributed by atoms with van der Waals surface area (Å²) in [5.74, 6) is 0.136. The molecule has 13 heteroatoms. The molecular formula is C63H81F2NO10. The van der Waals surface area contributed by atoms with Crippen molar-refractivity contribution in [2.75, 3.05) is 33.0 Å². The van der Waals surface area contributed by atoms with E-state index in [1.165, 1.54) is 37.1 Å². The lowest BCUT2D eigenvalue weighted by Crippen LogP contribution is -2.47. The fourth-order valence-corrected chi connectivity index (χ4v) is 8.83. The lowest BCUT2D eigenvalue weighted by molar-refractivity contribution is -0.149. The Morgan fingerprint density at radius 2 is 1.00 bits per heavy atom. The Balaban J connectivity index is 0.000000283. The van der Waals surface area contributed by atoms with Gasteiger partial charge in [-0.15, -0.1) is 0 Å². The number of esters is 1. The van der Waals surface area contributed by atoms with E-state index in [2.05, 4.69) is 24.4 Å². The van der Waals surface area contributed by atoms with Gasteiger partial charge in [-0.05, 0) is 162 Å². The van der Waals surface area contributed by atoms with E-state index in [-0.39, 0.29) is 74.3 Å². The van der Waals surface area contributed by atoms with Gasteiger partial charge in [0.2, 0.25) is 0 Å². The number of benzene rings is 5. The standard InChI is InChI=1S/C39H50FNO7.C24H31FO3/c1-28(45-24-30-11-7-5-8-12-30)36(46-25-32-15-16-32)33(23-29-17-19-34(40)20-18-29)21-22-44-27-35(41-38(43)48-39(2,3)4)37(42)47-26-31-13-9-6-10-14-31;1-18(27-16-20-5-3-2-4-6-20)24(28-17-21-7-8-21)22(13-14-26)15-19-9-11-23(25)12-10-19/h5-14,17-20,28,32-33,35-36H,15-16,21-27H2,1-4H3,(H,41,43);2-6,9-12,18,21-22,24,26H,7-8,13-17H2,1H3/t28-,33+,35-,36-;18-,22+,24-/m00/s1. The van der Waals surface area contributed by atoms with Crippen LogP contribution in [-0.2, 0) is 70.6 Å². The summed E-state index contributed by atoms with van der Waals surface area (Å²) in [5, 5.41) is 12.2. The average molecular weight is 1050 g/mol. The Labute approximate surface area is 449 Å². The molecule has 0 spiro atoms. The van der Waals surface area contributed by atoms with E-state index < -0.39 is 23.7 Å². The second-order valence-electron chi connectivity index (χ2n) is 21.3. The van der Waals surface area contributed by atoms with E-state index in [1.807, 2.05) is 97.9 Å². The number of carbonyl (C=O) groups is 2. The second-order valence-corrected chi connectivity index (χ2v) is 21.3. The summed E-state index contributed by atoms with van der Waals surface area (Å²) in [4.78, 5) is 25.7. The van der Waals surface area contributed by atoms with Crippen molar-refractivity contribution < 1.29 is 56.6 Å². The molecule has 0 bridgehead atoms. The summed E-state index contributed by atoms with van der Waals surface area (Å²) in [6.07, 6.45) is 5.90. The summed E-state index contributed by atoms with van der Waals surface area (Å²) < 4.78 is 69.4. The minimum Gasteiger partial charge on any atom is -0.459 e. The van der Waals surface area contributed by atoms with Gasteiger partial charge in [0, 0.05) is 26.4 Å². The van der Waals surface area contributed by atoms with E-state index >= 15 is 0 Å². The van der Waals surface area contributed by atoms with Gasteiger partial charge in [-0.1, -0.05) is 115 Å². The molecule has 2 aliphatic rings. The van der Waals surface area contributed by atoms with Crippen molar-refractivity contribution in [3.63, 3.8) is 0 Å². The molecular weight excluding hydrogens is 969 g/mol. The van der Waals surface area contributed by atoms with Crippen molar-refractivity contribution in [1.29, 1.82) is 0 Å². The van der Waals surface area contributed by atoms with E-state index in [1.54, 1.807) is 32.9 Å². The summed E-state index contributed by atoms with van der Waals surface area (Å²) in [7, 11) is 0. The molecule has 0 aromatic heterocycles. The molecule has 11 nitrogen and oxygen atoms in total. The number of alkyl carbamates (subject to hydrolysis) is 1. The molecule has 5 aromatic rings. The Kier molecular flexibility index (Phi) is 24.8. The Morgan fingerprint density at radius 1 is 0.579 bits per heavy atom. The lowest BCUT2D eigenvalue weighted by atomic mass is 9.88. The molecule has 0 unspecified atom stereocenters. The first kappa shape index (κ1) is 59.7. The molecule has 0 saturated heterocycles. The molecule has 7 atom stereocenters. The number of amides is 1. The topological polar surface area (TPSA) is 131 Å². The zero-order valence-electron chi connectivity index (χ0n) is 45.2. The quantitative estimate of drug-likeness (QED) is 0.0327. The molecule has 0 aliphatic heterocycles. The summed E-state index contributed by atoms with van der Waals surface area (Å²) >= 11 is 0. The van der Waals surface area contributed by atoms with Crippen molar-refractivity contribution in [1.82, 2.24) is 5.32 Å². The summed E-state index contributed by atoms with van der Waals surface area (Å²) in [5.41, 5.74) is 4.32.